The molecule has 0 radical (unpaired) electrons. The normalized spacial score (nSPS) is 27.9. The van der Waals surface area contributed by atoms with Crippen molar-refractivity contribution < 1.29 is 28.8 Å². The molecule has 0 bridgehead atoms. The third kappa shape index (κ3) is 10.5. The van der Waals surface area contributed by atoms with Crippen molar-refractivity contribution in [2.45, 2.75) is 136 Å². The Morgan fingerprint density at radius 2 is 1.25 bits per heavy atom. The topological polar surface area (TPSA) is 235 Å². The number of aromatic nitrogens is 6. The second-order valence-corrected chi connectivity index (χ2v) is 25.1. The molecule has 0 aromatic carbocycles. The van der Waals surface area contributed by atoms with Gasteiger partial charge in [0.25, 0.3) is 0 Å². The third-order valence-corrected chi connectivity index (χ3v) is 20.6. The fourth-order valence-corrected chi connectivity index (χ4v) is 15.7. The molecule has 2 spiro atoms. The van der Waals surface area contributed by atoms with E-state index in [4.69, 9.17) is 65.8 Å². The van der Waals surface area contributed by atoms with Gasteiger partial charge in [0, 0.05) is 89.8 Å². The van der Waals surface area contributed by atoms with Gasteiger partial charge < -0.3 is 65.6 Å². The minimum absolute atomic E-state index is 0.151. The summed E-state index contributed by atoms with van der Waals surface area (Å²) >= 11 is 3.02. The minimum atomic E-state index is -0.151. The van der Waals surface area contributed by atoms with E-state index in [1.807, 2.05) is 37.6 Å². The Kier molecular flexibility index (Phi) is 16.0. The fraction of sp³-hybridized carbons (Fsp3) is 0.673. The summed E-state index contributed by atoms with van der Waals surface area (Å²) in [7, 11) is 3.40. The third-order valence-electron chi connectivity index (χ3n) is 18.4. The van der Waals surface area contributed by atoms with E-state index in [1.54, 1.807) is 14.2 Å². The molecule has 76 heavy (non-hydrogen) atoms. The molecule has 10 heterocycles. The lowest BCUT2D eigenvalue weighted by atomic mass is 9.73. The maximum absolute atomic E-state index is 10.3. The summed E-state index contributed by atoms with van der Waals surface area (Å²) in [4.78, 5) is 40.0. The van der Waals surface area contributed by atoms with E-state index in [0.29, 0.717) is 90.4 Å². The highest BCUT2D eigenvalue weighted by Gasteiger charge is 2.48. The molecular formula is C55H79N13O6S2. The van der Waals surface area contributed by atoms with Crippen LogP contribution in [0.2, 0.25) is 0 Å². The van der Waals surface area contributed by atoms with E-state index in [-0.39, 0.29) is 18.1 Å². The number of piperidine rings is 2. The molecule has 4 aromatic heterocycles. The van der Waals surface area contributed by atoms with Crippen LogP contribution in [0, 0.1) is 41.4 Å². The summed E-state index contributed by atoms with van der Waals surface area (Å²) in [6.07, 6.45) is 16.9. The molecule has 412 valence electrons. The van der Waals surface area contributed by atoms with E-state index in [0.717, 1.165) is 140 Å². The zero-order valence-electron chi connectivity index (χ0n) is 45.1. The zero-order valence-corrected chi connectivity index (χ0v) is 46.7. The summed E-state index contributed by atoms with van der Waals surface area (Å²) < 4.78 is 28.6. The van der Waals surface area contributed by atoms with Gasteiger partial charge in [-0.15, -0.1) is 0 Å². The molecule has 2 aliphatic carbocycles. The van der Waals surface area contributed by atoms with Crippen LogP contribution in [0.1, 0.15) is 89.4 Å². The molecule has 6 aliphatic heterocycles. The monoisotopic (exact) mass is 1080 g/mol. The van der Waals surface area contributed by atoms with E-state index < -0.39 is 0 Å². The number of pyridine rings is 2. The minimum Gasteiger partial charge on any atom is -0.486 e. The Morgan fingerprint density at radius 3 is 1.76 bits per heavy atom. The number of anilines is 5. The van der Waals surface area contributed by atoms with Crippen LogP contribution in [0.5, 0.6) is 11.5 Å². The van der Waals surface area contributed by atoms with Gasteiger partial charge in [0.1, 0.15) is 41.6 Å². The lowest BCUT2D eigenvalue weighted by Crippen LogP contribution is -2.48. The Labute approximate surface area is 456 Å². The number of methoxy groups -OCH3 is 2. The fourth-order valence-electron chi connectivity index (χ4n) is 13.9. The number of aryl methyl sites for hydroxylation is 1. The van der Waals surface area contributed by atoms with Crippen molar-refractivity contribution in [3.63, 3.8) is 0 Å². The van der Waals surface area contributed by atoms with Crippen LogP contribution in [0.4, 0.5) is 29.1 Å². The molecule has 0 amide bonds. The van der Waals surface area contributed by atoms with Crippen molar-refractivity contribution in [2.24, 2.45) is 46.0 Å². The van der Waals surface area contributed by atoms with Gasteiger partial charge in [-0.2, -0.15) is 0 Å². The highest BCUT2D eigenvalue weighted by atomic mass is 32.2. The van der Waals surface area contributed by atoms with Crippen LogP contribution in [0.25, 0.3) is 0 Å². The van der Waals surface area contributed by atoms with Gasteiger partial charge in [0.2, 0.25) is 0 Å². The maximum atomic E-state index is 10.3. The highest BCUT2D eigenvalue weighted by Crippen LogP contribution is 2.51. The number of aliphatic hydroxyl groups excluding tert-OH is 1. The average molecular weight is 1080 g/mol. The van der Waals surface area contributed by atoms with Gasteiger partial charge in [-0.05, 0) is 106 Å². The molecule has 4 aromatic rings. The van der Waals surface area contributed by atoms with Gasteiger partial charge in [0.05, 0.1) is 53.6 Å². The van der Waals surface area contributed by atoms with Crippen molar-refractivity contribution in [1.82, 2.24) is 29.9 Å². The number of nitrogens with zero attached hydrogens (tertiary/aromatic N) is 10. The molecule has 8 atom stereocenters. The predicted octanol–water partition coefficient (Wildman–Crippen LogP) is 6.56. The van der Waals surface area contributed by atoms with E-state index in [1.165, 1.54) is 49.2 Å². The second-order valence-electron chi connectivity index (χ2n) is 23.0. The molecule has 12 rings (SSSR count). The lowest BCUT2D eigenvalue weighted by molar-refractivity contribution is -0.0414. The van der Waals surface area contributed by atoms with Gasteiger partial charge in [-0.3, -0.25) is 0 Å². The van der Waals surface area contributed by atoms with Crippen LogP contribution < -0.4 is 46.3 Å². The number of nitrogen functional groups attached to an aromatic ring is 1. The molecule has 7 N–H and O–H groups in total. The molecule has 6 fully saturated rings. The molecule has 0 unspecified atom stereocenters. The molecule has 21 heteroatoms. The van der Waals surface area contributed by atoms with Crippen molar-refractivity contribution in [3.8, 4) is 11.5 Å². The molecule has 19 nitrogen and oxygen atoms in total. The Hall–Kier alpha value is -4.48. The van der Waals surface area contributed by atoms with E-state index >= 15 is 0 Å². The smallest absolute Gasteiger partial charge is 0.175 e. The van der Waals surface area contributed by atoms with Gasteiger partial charge in [-0.25, -0.2) is 29.9 Å². The first-order valence-corrected chi connectivity index (χ1v) is 29.3. The van der Waals surface area contributed by atoms with Crippen LogP contribution >= 0.6 is 23.5 Å². The van der Waals surface area contributed by atoms with E-state index in [2.05, 4.69) is 38.4 Å². The van der Waals surface area contributed by atoms with Crippen molar-refractivity contribution >= 4 is 52.6 Å². The molecular weight excluding hydrogens is 1000 g/mol. The van der Waals surface area contributed by atoms with Crippen LogP contribution in [0.15, 0.2) is 50.6 Å². The second kappa shape index (κ2) is 22.7. The predicted molar refractivity (Wildman–Crippen MR) is 296 cm³/mol. The maximum Gasteiger partial charge on any atom is 0.175 e. The number of rotatable bonds is 13. The number of aliphatic hydroxyl groups is 1. The Morgan fingerprint density at radius 1 is 0.697 bits per heavy atom. The van der Waals surface area contributed by atoms with Gasteiger partial charge >= 0.3 is 0 Å². The number of hydrogen-bond acceptors (Lipinski definition) is 21. The van der Waals surface area contributed by atoms with Crippen LogP contribution in [-0.2, 0) is 20.8 Å². The summed E-state index contributed by atoms with van der Waals surface area (Å²) in [5.74, 6) is 7.61. The van der Waals surface area contributed by atoms with Gasteiger partial charge in [0.15, 0.2) is 34.8 Å². The summed E-state index contributed by atoms with van der Waals surface area (Å²) in [6, 6.07) is 5.17. The highest BCUT2D eigenvalue weighted by molar-refractivity contribution is 7.99. The van der Waals surface area contributed by atoms with Gasteiger partial charge in [-0.1, -0.05) is 37.4 Å². The number of hydrogen-bond donors (Lipinski definition) is 4. The van der Waals surface area contributed by atoms with Crippen LogP contribution in [-0.4, -0.2) is 146 Å². The van der Waals surface area contributed by atoms with Crippen molar-refractivity contribution in [3.05, 3.63) is 42.1 Å². The quantitative estimate of drug-likeness (QED) is 0.0820. The first-order chi connectivity index (χ1) is 36.9. The SMILES string of the molecule is COCOC[C@H]1C[C@H]2COc3c(Sc4nc(CO)c(N5CCC6(CC[C@@H](C)[C@H]6N)CC5)nc4C)ccnc3N2C1.COC[C@H]1C[C@H]2COc3c(Sc4ncc(N5CCC6(CC[C@@H](C)[C@H]6N)CC5)nc4N)ccnc3N2C1. The lowest BCUT2D eigenvalue weighted by Gasteiger charge is -2.43. The summed E-state index contributed by atoms with van der Waals surface area (Å²) in [5.41, 5.74) is 21.7. The molecule has 4 saturated heterocycles. The van der Waals surface area contributed by atoms with E-state index in [9.17, 15) is 5.11 Å². The molecule has 2 saturated carbocycles. The number of fused-ring (bicyclic) bond motifs is 6. The first kappa shape index (κ1) is 53.5. The Bertz CT molecular complexity index is 2680. The number of ether oxygens (including phenoxy) is 5. The van der Waals surface area contributed by atoms with Crippen LogP contribution in [0.3, 0.4) is 0 Å². The largest absolute Gasteiger partial charge is 0.486 e. The standard InChI is InChI=1S/C29H42N6O4S.C26H37N7O2S/c1-18-4-6-29(25(18)30)7-10-34(11-8-29)26-22(14-36)33-28(19(2)32-26)40-23-5-9-31-27-24(23)39-16-21-12-20(13-35(21)27)15-38-17-37-3;1-16-3-5-26(22(16)27)6-9-32(10-7-26)20-12-30-25(23(28)31-20)36-19-4-8-29-24-21(19)35-15-18-11-17(14-34-2)13-33(18)24/h5,9,18,20-21,25,36H,4,6-8,10-17,30H2,1-3H3;4,8,12,16-18,22H,3,5-7,9-11,13-15,27H2,1-2H3,(H2,28,31)/t18-,20+,21+,25-;16-,17+,18+,22-/m11/s1. The summed E-state index contributed by atoms with van der Waals surface area (Å²) in [6.45, 7) is 15.0. The van der Waals surface area contributed by atoms with Crippen molar-refractivity contribution in [1.29, 1.82) is 0 Å². The zero-order chi connectivity index (χ0) is 52.7. The molecule has 8 aliphatic rings. The Balaban J connectivity index is 0.000000163. The van der Waals surface area contributed by atoms with Crippen molar-refractivity contribution in [2.75, 3.05) is 112 Å². The summed E-state index contributed by atoms with van der Waals surface area (Å²) in [5, 5.41) is 11.8. The number of nitrogens with two attached hydrogens (primary N) is 3. The average Bonchev–Trinajstić information content (AvgIpc) is 4.22. The first-order valence-electron chi connectivity index (χ1n) is 27.7.